The van der Waals surface area contributed by atoms with Gasteiger partial charge in [-0.05, 0) is 42.7 Å². The summed E-state index contributed by atoms with van der Waals surface area (Å²) in [5.41, 5.74) is 6.73. The molecule has 0 radical (unpaired) electrons. The number of ether oxygens (including phenoxy) is 1. The molecule has 0 spiro atoms. The quantitative estimate of drug-likeness (QED) is 0.613. The average Bonchev–Trinajstić information content (AvgIpc) is 3.38. The first-order valence-electron chi connectivity index (χ1n) is 9.90. The number of nitrogens with one attached hydrogen (secondary N) is 1. The average molecular weight is 408 g/mol. The number of carbonyl (C=O) groups is 1. The van der Waals surface area contributed by atoms with Gasteiger partial charge in [0.15, 0.2) is 0 Å². The van der Waals surface area contributed by atoms with Crippen molar-refractivity contribution in [3.63, 3.8) is 0 Å². The van der Waals surface area contributed by atoms with Crippen LogP contribution in [0.2, 0.25) is 0 Å². The highest BCUT2D eigenvalue weighted by molar-refractivity contribution is 7.10. The molecule has 0 unspecified atom stereocenters. The maximum atomic E-state index is 11.8. The number of carbonyl (C=O) groups excluding carboxylic acids is 1. The zero-order valence-corrected chi connectivity index (χ0v) is 17.6. The highest BCUT2D eigenvalue weighted by Gasteiger charge is 2.20. The summed E-state index contributed by atoms with van der Waals surface area (Å²) in [5, 5.41) is 6.03. The Morgan fingerprint density at radius 1 is 1.21 bits per heavy atom. The third-order valence-corrected chi connectivity index (χ3v) is 5.96. The molecule has 2 heterocycles. The topological polar surface area (TPSA) is 54.5 Å². The van der Waals surface area contributed by atoms with Crippen molar-refractivity contribution in [2.24, 2.45) is 0 Å². The first-order chi connectivity index (χ1) is 14.1. The van der Waals surface area contributed by atoms with Crippen LogP contribution in [0.25, 0.3) is 11.3 Å². The van der Waals surface area contributed by atoms with Crippen molar-refractivity contribution in [3.05, 3.63) is 69.5 Å². The van der Waals surface area contributed by atoms with Gasteiger partial charge in [0, 0.05) is 42.7 Å². The molecule has 1 N–H and O–H groups in total. The summed E-state index contributed by atoms with van der Waals surface area (Å²) >= 11 is 1.68. The lowest BCUT2D eigenvalue weighted by Crippen LogP contribution is -2.27. The molecule has 1 aliphatic heterocycles. The second kappa shape index (κ2) is 8.76. The van der Waals surface area contributed by atoms with E-state index in [2.05, 4.69) is 35.8 Å². The summed E-state index contributed by atoms with van der Waals surface area (Å²) in [5.74, 6) is 0. The van der Waals surface area contributed by atoms with Gasteiger partial charge < -0.3 is 10.1 Å². The number of benzene rings is 2. The predicted molar refractivity (Wildman–Crippen MR) is 118 cm³/mol. The second-order valence-electron chi connectivity index (χ2n) is 7.13. The maximum Gasteiger partial charge on any atom is 0.321 e. The number of urea groups is 1. The van der Waals surface area contributed by atoms with Crippen molar-refractivity contribution >= 4 is 23.1 Å². The fraction of sp³-hybridized carbons (Fsp3) is 0.304. The van der Waals surface area contributed by atoms with Gasteiger partial charge in [-0.1, -0.05) is 30.3 Å². The van der Waals surface area contributed by atoms with E-state index in [9.17, 15) is 4.79 Å². The molecule has 5 nitrogen and oxygen atoms in total. The Balaban J connectivity index is 1.48. The van der Waals surface area contributed by atoms with Crippen LogP contribution in [0, 0.1) is 6.92 Å². The fourth-order valence-corrected chi connectivity index (χ4v) is 4.27. The van der Waals surface area contributed by atoms with E-state index < -0.39 is 0 Å². The van der Waals surface area contributed by atoms with Gasteiger partial charge in [0.1, 0.15) is 0 Å². The molecule has 1 aliphatic rings. The van der Waals surface area contributed by atoms with Crippen molar-refractivity contribution in [1.29, 1.82) is 0 Å². The van der Waals surface area contributed by atoms with Crippen LogP contribution in [0.5, 0.6) is 0 Å². The Labute approximate surface area is 175 Å². The highest BCUT2D eigenvalue weighted by Crippen LogP contribution is 2.27. The van der Waals surface area contributed by atoms with Gasteiger partial charge in [0.25, 0.3) is 0 Å². The van der Waals surface area contributed by atoms with E-state index >= 15 is 0 Å². The zero-order valence-electron chi connectivity index (χ0n) is 16.8. The monoisotopic (exact) mass is 407 g/mol. The molecular formula is C23H25N3O2S. The lowest BCUT2D eigenvalue weighted by molar-refractivity contribution is 0.134. The van der Waals surface area contributed by atoms with Crippen LogP contribution in [-0.4, -0.2) is 30.7 Å². The Hall–Kier alpha value is -2.70. The van der Waals surface area contributed by atoms with Gasteiger partial charge in [0.2, 0.25) is 0 Å². The number of amides is 2. The van der Waals surface area contributed by atoms with Crippen LogP contribution in [0.1, 0.15) is 28.6 Å². The van der Waals surface area contributed by atoms with Gasteiger partial charge in [-0.25, -0.2) is 9.78 Å². The molecule has 2 amide bonds. The van der Waals surface area contributed by atoms with E-state index in [-0.39, 0.29) is 6.03 Å². The summed E-state index contributed by atoms with van der Waals surface area (Å²) in [6.07, 6.45) is 0.822. The zero-order chi connectivity index (χ0) is 20.2. The van der Waals surface area contributed by atoms with Crippen molar-refractivity contribution < 1.29 is 9.53 Å². The second-order valence-corrected chi connectivity index (χ2v) is 8.07. The smallest absolute Gasteiger partial charge is 0.321 e. The lowest BCUT2D eigenvalue weighted by atomic mass is 10.0. The number of rotatable bonds is 7. The van der Waals surface area contributed by atoms with Gasteiger partial charge in [-0.2, -0.15) is 0 Å². The molecule has 3 aromatic rings. The fourth-order valence-electron chi connectivity index (χ4n) is 3.44. The molecule has 150 valence electrons. The van der Waals surface area contributed by atoms with E-state index in [0.29, 0.717) is 19.7 Å². The molecule has 0 atom stereocenters. The summed E-state index contributed by atoms with van der Waals surface area (Å²) in [6.45, 7) is 6.93. The molecule has 1 aromatic heterocycles. The minimum absolute atomic E-state index is 0.0318. The maximum absolute atomic E-state index is 11.8. The molecule has 0 saturated carbocycles. The Bertz CT molecular complexity index is 998. The predicted octanol–water partition coefficient (Wildman–Crippen LogP) is 4.78. The van der Waals surface area contributed by atoms with Crippen LogP contribution in [0.4, 0.5) is 10.5 Å². The number of hydrogen-bond donors (Lipinski definition) is 1. The van der Waals surface area contributed by atoms with Crippen LogP contribution >= 0.6 is 11.3 Å². The summed E-state index contributed by atoms with van der Waals surface area (Å²) < 4.78 is 5.54. The van der Waals surface area contributed by atoms with Crippen LogP contribution in [0.15, 0.2) is 47.8 Å². The molecule has 0 bridgehead atoms. The number of aromatic nitrogens is 1. The number of anilines is 1. The van der Waals surface area contributed by atoms with Crippen molar-refractivity contribution in [2.75, 3.05) is 24.6 Å². The largest absolute Gasteiger partial charge is 0.377 e. The van der Waals surface area contributed by atoms with Crippen LogP contribution in [0.3, 0.4) is 0 Å². The highest BCUT2D eigenvalue weighted by atomic mass is 32.1. The molecule has 0 aliphatic carbocycles. The number of hydrogen-bond acceptors (Lipinski definition) is 4. The third kappa shape index (κ3) is 4.49. The molecule has 1 saturated heterocycles. The van der Waals surface area contributed by atoms with Gasteiger partial charge in [-0.3, -0.25) is 4.90 Å². The third-order valence-electron chi connectivity index (χ3n) is 5.11. The lowest BCUT2D eigenvalue weighted by Gasteiger charge is -2.14. The Morgan fingerprint density at radius 2 is 2.03 bits per heavy atom. The van der Waals surface area contributed by atoms with E-state index in [1.54, 1.807) is 16.2 Å². The van der Waals surface area contributed by atoms with E-state index in [0.717, 1.165) is 35.0 Å². The number of aryl methyl sites for hydroxylation is 1. The van der Waals surface area contributed by atoms with Gasteiger partial charge >= 0.3 is 6.03 Å². The SMILES string of the molecule is CCOCc1ccc(C)c(Cc2nc(-c3ccc(N4CCNC4=O)cc3)cs2)c1. The normalized spacial score (nSPS) is 13.7. The molecule has 1 fully saturated rings. The Morgan fingerprint density at radius 3 is 2.76 bits per heavy atom. The van der Waals surface area contributed by atoms with Gasteiger partial charge in [-0.15, -0.1) is 11.3 Å². The first-order valence-corrected chi connectivity index (χ1v) is 10.8. The van der Waals surface area contributed by atoms with Crippen molar-refractivity contribution in [2.45, 2.75) is 26.9 Å². The number of nitrogens with zero attached hydrogens (tertiary/aromatic N) is 2. The summed E-state index contributed by atoms with van der Waals surface area (Å²) in [7, 11) is 0. The molecule has 29 heavy (non-hydrogen) atoms. The molecule has 2 aromatic carbocycles. The van der Waals surface area contributed by atoms with E-state index in [1.807, 2.05) is 31.2 Å². The van der Waals surface area contributed by atoms with Gasteiger partial charge in [0.05, 0.1) is 17.3 Å². The number of thiazole rings is 1. The van der Waals surface area contributed by atoms with Crippen molar-refractivity contribution in [1.82, 2.24) is 10.3 Å². The first kappa shape index (κ1) is 19.6. The van der Waals surface area contributed by atoms with Crippen molar-refractivity contribution in [3.8, 4) is 11.3 Å². The van der Waals surface area contributed by atoms with Crippen LogP contribution in [-0.2, 0) is 17.8 Å². The minimum Gasteiger partial charge on any atom is -0.377 e. The van der Waals surface area contributed by atoms with E-state index in [4.69, 9.17) is 9.72 Å². The van der Waals surface area contributed by atoms with E-state index in [1.165, 1.54) is 16.7 Å². The Kier molecular flexibility index (Phi) is 5.92. The standard InChI is InChI=1S/C23H25N3O2S/c1-3-28-14-17-5-4-16(2)19(12-17)13-22-25-21(15-29-22)18-6-8-20(9-7-18)26-11-10-24-23(26)27/h4-9,12,15H,3,10-11,13-14H2,1-2H3,(H,24,27). The van der Waals surface area contributed by atoms with Crippen LogP contribution < -0.4 is 10.2 Å². The summed E-state index contributed by atoms with van der Waals surface area (Å²) in [4.78, 5) is 18.4. The molecule has 6 heteroatoms. The summed E-state index contributed by atoms with van der Waals surface area (Å²) in [6, 6.07) is 14.5. The molecule has 4 rings (SSSR count). The minimum atomic E-state index is -0.0318. The molecular weight excluding hydrogens is 382 g/mol.